The maximum atomic E-state index is 12.5. The molecule has 0 aliphatic carbocycles. The van der Waals surface area contributed by atoms with E-state index >= 15 is 0 Å². The second kappa shape index (κ2) is 5.29. The Morgan fingerprint density at radius 3 is 2.50 bits per heavy atom. The third-order valence-corrected chi connectivity index (χ3v) is 3.89. The van der Waals surface area contributed by atoms with Gasteiger partial charge in [0.15, 0.2) is 0 Å². The first-order valence-electron chi connectivity index (χ1n) is 5.48. The van der Waals surface area contributed by atoms with E-state index in [-0.39, 0.29) is 6.54 Å². The Hall–Kier alpha value is -1.80. The molecule has 0 radical (unpaired) electrons. The molecule has 108 valence electrons. The van der Waals surface area contributed by atoms with Crippen molar-refractivity contribution in [3.8, 4) is 0 Å². The number of sulfonamides is 1. The SMILES string of the molecule is O=S(=O)(NCc1ccco1)c1cccc(C(F)(F)F)c1. The van der Waals surface area contributed by atoms with Crippen molar-refractivity contribution in [1.29, 1.82) is 0 Å². The molecule has 8 heteroatoms. The van der Waals surface area contributed by atoms with Crippen LogP contribution in [0.25, 0.3) is 0 Å². The zero-order valence-corrected chi connectivity index (χ0v) is 10.8. The lowest BCUT2D eigenvalue weighted by molar-refractivity contribution is -0.137. The average Bonchev–Trinajstić information content (AvgIpc) is 2.89. The van der Waals surface area contributed by atoms with Crippen molar-refractivity contribution in [3.63, 3.8) is 0 Å². The van der Waals surface area contributed by atoms with E-state index in [1.807, 2.05) is 0 Å². The summed E-state index contributed by atoms with van der Waals surface area (Å²) in [6.07, 6.45) is -3.22. The summed E-state index contributed by atoms with van der Waals surface area (Å²) in [7, 11) is -4.03. The summed E-state index contributed by atoms with van der Waals surface area (Å²) in [4.78, 5) is -0.445. The van der Waals surface area contributed by atoms with Crippen LogP contribution in [0.5, 0.6) is 0 Å². The molecule has 0 fully saturated rings. The molecule has 0 aliphatic rings. The second-order valence-corrected chi connectivity index (χ2v) is 5.70. The quantitative estimate of drug-likeness (QED) is 0.945. The number of hydrogen-bond acceptors (Lipinski definition) is 3. The number of hydrogen-bond donors (Lipinski definition) is 1. The third-order valence-electron chi connectivity index (χ3n) is 2.49. The van der Waals surface area contributed by atoms with Crippen LogP contribution in [0.2, 0.25) is 0 Å². The Bertz CT molecular complexity index is 678. The molecule has 1 aromatic carbocycles. The van der Waals surface area contributed by atoms with E-state index in [0.29, 0.717) is 11.8 Å². The van der Waals surface area contributed by atoms with Crippen LogP contribution >= 0.6 is 0 Å². The van der Waals surface area contributed by atoms with Crippen molar-refractivity contribution >= 4 is 10.0 Å². The lowest BCUT2D eigenvalue weighted by Gasteiger charge is -2.09. The molecule has 0 unspecified atom stereocenters. The maximum absolute atomic E-state index is 12.5. The first-order valence-corrected chi connectivity index (χ1v) is 6.97. The second-order valence-electron chi connectivity index (χ2n) is 3.93. The van der Waals surface area contributed by atoms with E-state index in [9.17, 15) is 21.6 Å². The molecule has 0 bridgehead atoms. The number of rotatable bonds is 4. The van der Waals surface area contributed by atoms with Gasteiger partial charge >= 0.3 is 6.18 Å². The highest BCUT2D eigenvalue weighted by Gasteiger charge is 2.31. The monoisotopic (exact) mass is 305 g/mol. The molecule has 0 saturated carbocycles. The minimum atomic E-state index is -4.59. The predicted molar refractivity (Wildman–Crippen MR) is 64.2 cm³/mol. The number of halogens is 3. The standard InChI is InChI=1S/C12H10F3NO3S/c13-12(14,15)9-3-1-5-11(7-9)20(17,18)16-8-10-4-2-6-19-10/h1-7,16H,8H2. The summed E-state index contributed by atoms with van der Waals surface area (Å²) in [6, 6.07) is 6.67. The molecule has 1 N–H and O–H groups in total. The maximum Gasteiger partial charge on any atom is 0.416 e. The van der Waals surface area contributed by atoms with Crippen LogP contribution in [-0.2, 0) is 22.7 Å². The van der Waals surface area contributed by atoms with Crippen LogP contribution in [0.1, 0.15) is 11.3 Å². The molecule has 4 nitrogen and oxygen atoms in total. The van der Waals surface area contributed by atoms with E-state index in [4.69, 9.17) is 4.42 Å². The van der Waals surface area contributed by atoms with Gasteiger partial charge in [-0.05, 0) is 30.3 Å². The van der Waals surface area contributed by atoms with Crippen LogP contribution in [-0.4, -0.2) is 8.42 Å². The Morgan fingerprint density at radius 1 is 1.15 bits per heavy atom. The van der Waals surface area contributed by atoms with E-state index in [1.165, 1.54) is 6.26 Å². The Morgan fingerprint density at radius 2 is 1.90 bits per heavy atom. The smallest absolute Gasteiger partial charge is 0.416 e. The molecule has 2 rings (SSSR count). The number of benzene rings is 1. The third kappa shape index (κ3) is 3.40. The summed E-state index contributed by atoms with van der Waals surface area (Å²) in [5.74, 6) is 0.362. The van der Waals surface area contributed by atoms with Crippen LogP contribution in [0.15, 0.2) is 52.0 Å². The fraction of sp³-hybridized carbons (Fsp3) is 0.167. The van der Waals surface area contributed by atoms with Gasteiger partial charge in [-0.2, -0.15) is 13.2 Å². The van der Waals surface area contributed by atoms with E-state index in [2.05, 4.69) is 4.72 Å². The Balaban J connectivity index is 2.21. The summed E-state index contributed by atoms with van der Waals surface area (Å²) in [5, 5.41) is 0. The van der Waals surface area contributed by atoms with Gasteiger partial charge in [0.05, 0.1) is 23.3 Å². The topological polar surface area (TPSA) is 59.3 Å². The van der Waals surface area contributed by atoms with Crippen molar-refractivity contribution in [2.75, 3.05) is 0 Å². The zero-order valence-electron chi connectivity index (χ0n) is 10.0. The highest BCUT2D eigenvalue weighted by atomic mass is 32.2. The minimum Gasteiger partial charge on any atom is -0.468 e. The van der Waals surface area contributed by atoms with Crippen molar-refractivity contribution in [2.45, 2.75) is 17.6 Å². The highest BCUT2D eigenvalue weighted by molar-refractivity contribution is 7.89. The molecule has 1 aromatic heterocycles. The van der Waals surface area contributed by atoms with Gasteiger partial charge in [0, 0.05) is 0 Å². The zero-order chi connectivity index (χ0) is 14.8. The first-order chi connectivity index (χ1) is 9.29. The lowest BCUT2D eigenvalue weighted by Crippen LogP contribution is -2.23. The fourth-order valence-corrected chi connectivity index (χ4v) is 2.54. The van der Waals surface area contributed by atoms with Crippen molar-refractivity contribution < 1.29 is 26.0 Å². The molecule has 1 heterocycles. The molecule has 0 saturated heterocycles. The van der Waals surface area contributed by atoms with Gasteiger partial charge < -0.3 is 4.42 Å². The van der Waals surface area contributed by atoms with Crippen LogP contribution < -0.4 is 4.72 Å². The predicted octanol–water partition coefficient (Wildman–Crippen LogP) is 2.78. The van der Waals surface area contributed by atoms with E-state index in [1.54, 1.807) is 12.1 Å². The largest absolute Gasteiger partial charge is 0.468 e. The van der Waals surface area contributed by atoms with Gasteiger partial charge in [0.1, 0.15) is 5.76 Å². The van der Waals surface area contributed by atoms with Gasteiger partial charge in [-0.15, -0.1) is 0 Å². The molecular weight excluding hydrogens is 295 g/mol. The summed E-state index contributed by atoms with van der Waals surface area (Å²) >= 11 is 0. The van der Waals surface area contributed by atoms with Crippen LogP contribution in [0, 0.1) is 0 Å². The minimum absolute atomic E-state index is 0.133. The van der Waals surface area contributed by atoms with Crippen LogP contribution in [0.3, 0.4) is 0 Å². The summed E-state index contributed by atoms with van der Waals surface area (Å²) < 4.78 is 68.5. The van der Waals surface area contributed by atoms with Gasteiger partial charge in [0.2, 0.25) is 10.0 Å². The molecule has 2 aromatic rings. The van der Waals surface area contributed by atoms with Gasteiger partial charge in [-0.3, -0.25) is 0 Å². The number of alkyl halides is 3. The first kappa shape index (κ1) is 14.6. The van der Waals surface area contributed by atoms with E-state index in [0.717, 1.165) is 18.2 Å². The molecule has 0 aliphatic heterocycles. The average molecular weight is 305 g/mol. The molecular formula is C12H10F3NO3S. The highest BCUT2D eigenvalue weighted by Crippen LogP contribution is 2.30. The van der Waals surface area contributed by atoms with Gasteiger partial charge in [-0.1, -0.05) is 6.07 Å². The Kier molecular flexibility index (Phi) is 3.87. The summed E-state index contributed by atoms with van der Waals surface area (Å²) in [5.41, 5.74) is -1.02. The van der Waals surface area contributed by atoms with Gasteiger partial charge in [0.25, 0.3) is 0 Å². The van der Waals surface area contributed by atoms with Crippen molar-refractivity contribution in [3.05, 3.63) is 54.0 Å². The molecule has 0 amide bonds. The number of furan rings is 1. The summed E-state index contributed by atoms with van der Waals surface area (Å²) in [6.45, 7) is -0.133. The number of nitrogens with one attached hydrogen (secondary N) is 1. The van der Waals surface area contributed by atoms with Crippen molar-refractivity contribution in [1.82, 2.24) is 4.72 Å². The molecule has 0 spiro atoms. The van der Waals surface area contributed by atoms with Crippen LogP contribution in [0.4, 0.5) is 13.2 Å². The van der Waals surface area contributed by atoms with Gasteiger partial charge in [-0.25, -0.2) is 13.1 Å². The lowest BCUT2D eigenvalue weighted by atomic mass is 10.2. The van der Waals surface area contributed by atoms with Crippen molar-refractivity contribution in [2.24, 2.45) is 0 Å². The normalized spacial score (nSPS) is 12.6. The Labute approximate surface area is 113 Å². The van der Waals surface area contributed by atoms with E-state index < -0.39 is 26.7 Å². The molecule has 0 atom stereocenters. The molecule has 20 heavy (non-hydrogen) atoms. The fourth-order valence-electron chi connectivity index (χ4n) is 1.50.